The van der Waals surface area contributed by atoms with Gasteiger partial charge in [-0.2, -0.15) is 11.3 Å². The van der Waals surface area contributed by atoms with Crippen LogP contribution in [0.3, 0.4) is 0 Å². The second-order valence-corrected chi connectivity index (χ2v) is 8.05. The van der Waals surface area contributed by atoms with Gasteiger partial charge in [0.05, 0.1) is 6.54 Å². The van der Waals surface area contributed by atoms with Crippen LogP contribution in [-0.4, -0.2) is 36.1 Å². The van der Waals surface area contributed by atoms with Gasteiger partial charge >= 0.3 is 0 Å². The number of carbonyl (C=O) groups is 1. The number of halogens is 3. The third-order valence-electron chi connectivity index (χ3n) is 4.43. The topological polar surface area (TPSA) is 32.3 Å². The summed E-state index contributed by atoms with van der Waals surface area (Å²) >= 11 is 13.5. The molecular formula is C18H19Cl2FN2OS. The van der Waals surface area contributed by atoms with Gasteiger partial charge in [0.15, 0.2) is 0 Å². The highest BCUT2D eigenvalue weighted by Crippen LogP contribution is 2.27. The SMILES string of the molecule is O=C(NCC1(F)CCN(Cc2ccsc2)CC1)c1cc(Cl)cc(Cl)c1. The van der Waals surface area contributed by atoms with Crippen molar-refractivity contribution >= 4 is 40.4 Å². The molecular weight excluding hydrogens is 382 g/mol. The quantitative estimate of drug-likeness (QED) is 0.782. The Kier molecular flexibility index (Phi) is 6.00. The normalized spacial score (nSPS) is 17.4. The molecule has 1 aliphatic heterocycles. The Morgan fingerprint density at radius 2 is 1.92 bits per heavy atom. The summed E-state index contributed by atoms with van der Waals surface area (Å²) in [5.74, 6) is -0.359. The third kappa shape index (κ3) is 5.17. The van der Waals surface area contributed by atoms with Crippen molar-refractivity contribution in [1.82, 2.24) is 10.2 Å². The predicted octanol–water partition coefficient (Wildman–Crippen LogP) is 4.79. The molecule has 1 aromatic carbocycles. The Morgan fingerprint density at radius 3 is 2.52 bits per heavy atom. The molecule has 0 saturated carbocycles. The maximum absolute atomic E-state index is 15.0. The van der Waals surface area contributed by atoms with Gasteiger partial charge < -0.3 is 5.32 Å². The Morgan fingerprint density at radius 1 is 1.24 bits per heavy atom. The van der Waals surface area contributed by atoms with Crippen molar-refractivity contribution in [1.29, 1.82) is 0 Å². The lowest BCUT2D eigenvalue weighted by molar-refractivity contribution is 0.0518. The van der Waals surface area contributed by atoms with Crippen molar-refractivity contribution in [3.05, 3.63) is 56.2 Å². The fraction of sp³-hybridized carbons (Fsp3) is 0.389. The zero-order valence-corrected chi connectivity index (χ0v) is 15.9. The zero-order valence-electron chi connectivity index (χ0n) is 13.6. The summed E-state index contributed by atoms with van der Waals surface area (Å²) < 4.78 is 15.0. The number of piperidine rings is 1. The summed E-state index contributed by atoms with van der Waals surface area (Å²) in [5, 5.41) is 7.61. The zero-order chi connectivity index (χ0) is 17.9. The third-order valence-corrected chi connectivity index (χ3v) is 5.60. The van der Waals surface area contributed by atoms with Gasteiger partial charge in [0.1, 0.15) is 5.67 Å². The van der Waals surface area contributed by atoms with E-state index in [2.05, 4.69) is 27.0 Å². The Labute approximate surface area is 160 Å². The van der Waals surface area contributed by atoms with E-state index in [0.29, 0.717) is 41.5 Å². The Bertz CT molecular complexity index is 710. The van der Waals surface area contributed by atoms with Crippen molar-refractivity contribution in [2.45, 2.75) is 25.1 Å². The smallest absolute Gasteiger partial charge is 0.251 e. The summed E-state index contributed by atoms with van der Waals surface area (Å²) in [5.41, 5.74) is 0.238. The van der Waals surface area contributed by atoms with E-state index in [-0.39, 0.29) is 12.5 Å². The summed E-state index contributed by atoms with van der Waals surface area (Å²) in [6.45, 7) is 2.23. The highest BCUT2D eigenvalue weighted by Gasteiger charge is 2.34. The number of alkyl halides is 1. The van der Waals surface area contributed by atoms with E-state index in [1.165, 1.54) is 17.7 Å². The first-order chi connectivity index (χ1) is 11.9. The minimum atomic E-state index is -1.37. The first-order valence-electron chi connectivity index (χ1n) is 8.10. The molecule has 1 aliphatic rings. The van der Waals surface area contributed by atoms with Crippen LogP contribution in [0.25, 0.3) is 0 Å². The van der Waals surface area contributed by atoms with Crippen molar-refractivity contribution < 1.29 is 9.18 Å². The molecule has 1 saturated heterocycles. The molecule has 1 fully saturated rings. The molecule has 1 aromatic heterocycles. The number of amides is 1. The predicted molar refractivity (Wildman–Crippen MR) is 101 cm³/mol. The van der Waals surface area contributed by atoms with Gasteiger partial charge in [0, 0.05) is 35.2 Å². The number of nitrogens with one attached hydrogen (secondary N) is 1. The molecule has 3 rings (SSSR count). The highest BCUT2D eigenvalue weighted by atomic mass is 35.5. The number of rotatable bonds is 5. The Balaban J connectivity index is 1.50. The number of nitrogens with zero attached hydrogens (tertiary/aromatic N) is 1. The van der Waals surface area contributed by atoms with Gasteiger partial charge in [-0.3, -0.25) is 9.69 Å². The van der Waals surface area contributed by atoms with Crippen molar-refractivity contribution in [2.24, 2.45) is 0 Å². The second kappa shape index (κ2) is 8.04. The van der Waals surface area contributed by atoms with Crippen LogP contribution in [0.4, 0.5) is 4.39 Å². The summed E-state index contributed by atoms with van der Waals surface area (Å²) in [7, 11) is 0. The van der Waals surface area contributed by atoms with Crippen LogP contribution >= 0.6 is 34.5 Å². The van der Waals surface area contributed by atoms with Crippen molar-refractivity contribution in [2.75, 3.05) is 19.6 Å². The molecule has 2 heterocycles. The molecule has 0 atom stereocenters. The minimum absolute atomic E-state index is 0.00224. The van der Waals surface area contributed by atoms with Gasteiger partial charge in [0.2, 0.25) is 0 Å². The van der Waals surface area contributed by atoms with Gasteiger partial charge in [-0.25, -0.2) is 4.39 Å². The van der Waals surface area contributed by atoms with Gasteiger partial charge in [-0.15, -0.1) is 0 Å². The van der Waals surface area contributed by atoms with E-state index < -0.39 is 5.67 Å². The number of hydrogen-bond donors (Lipinski definition) is 1. The lowest BCUT2D eigenvalue weighted by atomic mass is 9.93. The standard InChI is InChI=1S/C18H19Cl2FN2OS/c19-15-7-14(8-16(20)9-15)17(24)22-12-18(21)2-4-23(5-3-18)10-13-1-6-25-11-13/h1,6-9,11H,2-5,10,12H2,(H,22,24). The van der Waals surface area contributed by atoms with Crippen LogP contribution in [0.15, 0.2) is 35.0 Å². The van der Waals surface area contributed by atoms with E-state index >= 15 is 0 Å². The van der Waals surface area contributed by atoms with E-state index in [1.54, 1.807) is 17.4 Å². The first-order valence-corrected chi connectivity index (χ1v) is 9.80. The molecule has 0 bridgehead atoms. The number of likely N-dealkylation sites (tertiary alicyclic amines) is 1. The van der Waals surface area contributed by atoms with Crippen LogP contribution in [0.1, 0.15) is 28.8 Å². The number of hydrogen-bond acceptors (Lipinski definition) is 3. The van der Waals surface area contributed by atoms with E-state index in [9.17, 15) is 9.18 Å². The molecule has 25 heavy (non-hydrogen) atoms. The number of carbonyl (C=O) groups excluding carboxylic acids is 1. The first kappa shape index (κ1) is 18.6. The summed E-state index contributed by atoms with van der Waals surface area (Å²) in [6.07, 6.45) is 0.821. The number of thiophene rings is 1. The van der Waals surface area contributed by atoms with Gasteiger partial charge in [-0.1, -0.05) is 23.2 Å². The molecule has 1 N–H and O–H groups in total. The molecule has 2 aromatic rings. The fourth-order valence-electron chi connectivity index (χ4n) is 2.96. The maximum Gasteiger partial charge on any atom is 0.251 e. The number of benzene rings is 1. The van der Waals surface area contributed by atoms with Gasteiger partial charge in [0.25, 0.3) is 5.91 Å². The van der Waals surface area contributed by atoms with E-state index in [0.717, 1.165) is 6.54 Å². The van der Waals surface area contributed by atoms with Crippen LogP contribution in [0, 0.1) is 0 Å². The summed E-state index contributed by atoms with van der Waals surface area (Å²) in [4.78, 5) is 14.5. The van der Waals surface area contributed by atoms with Crippen LogP contribution in [-0.2, 0) is 6.54 Å². The van der Waals surface area contributed by atoms with Crippen molar-refractivity contribution in [3.8, 4) is 0 Å². The molecule has 0 aliphatic carbocycles. The average molecular weight is 401 g/mol. The van der Waals surface area contributed by atoms with Crippen LogP contribution < -0.4 is 5.32 Å². The van der Waals surface area contributed by atoms with Crippen molar-refractivity contribution in [3.63, 3.8) is 0 Å². The van der Waals surface area contributed by atoms with Crippen LogP contribution in [0.2, 0.25) is 10.0 Å². The highest BCUT2D eigenvalue weighted by molar-refractivity contribution is 7.07. The Hall–Kier alpha value is -1.14. The monoisotopic (exact) mass is 400 g/mol. The maximum atomic E-state index is 15.0. The molecule has 0 radical (unpaired) electrons. The van der Waals surface area contributed by atoms with Gasteiger partial charge in [-0.05, 0) is 53.4 Å². The summed E-state index contributed by atoms with van der Waals surface area (Å²) in [6, 6.07) is 6.70. The fourth-order valence-corrected chi connectivity index (χ4v) is 4.14. The lowest BCUT2D eigenvalue weighted by Crippen LogP contribution is -2.48. The van der Waals surface area contributed by atoms with E-state index in [4.69, 9.17) is 23.2 Å². The average Bonchev–Trinajstić information content (AvgIpc) is 3.07. The molecule has 3 nitrogen and oxygen atoms in total. The van der Waals surface area contributed by atoms with Crippen LogP contribution in [0.5, 0.6) is 0 Å². The lowest BCUT2D eigenvalue weighted by Gasteiger charge is -2.36. The second-order valence-electron chi connectivity index (χ2n) is 6.40. The largest absolute Gasteiger partial charge is 0.349 e. The minimum Gasteiger partial charge on any atom is -0.349 e. The molecule has 134 valence electrons. The molecule has 0 spiro atoms. The molecule has 1 amide bonds. The molecule has 0 unspecified atom stereocenters. The van der Waals surface area contributed by atoms with E-state index in [1.807, 2.05) is 0 Å². The molecule has 7 heteroatoms.